The van der Waals surface area contributed by atoms with E-state index in [1.165, 1.54) is 7.11 Å². The number of methoxy groups -OCH3 is 1. The molecule has 0 aromatic rings. The summed E-state index contributed by atoms with van der Waals surface area (Å²) in [6, 6.07) is 0.222. The Hall–Kier alpha value is -0.320. The molecule has 2 fully saturated rings. The third-order valence-electron chi connectivity index (χ3n) is 2.58. The average molecular weight is 208 g/mol. The van der Waals surface area contributed by atoms with Gasteiger partial charge in [0.15, 0.2) is 0 Å². The van der Waals surface area contributed by atoms with Crippen LogP contribution in [0.3, 0.4) is 0 Å². The first-order chi connectivity index (χ1) is 5.81. The Morgan fingerprint density at radius 2 is 2.38 bits per heavy atom. The smallest absolute Gasteiger partial charge is 0.322 e. The van der Waals surface area contributed by atoms with E-state index in [9.17, 15) is 4.79 Å². The number of rotatable bonds is 1. The van der Waals surface area contributed by atoms with Crippen LogP contribution < -0.4 is 5.32 Å². The van der Waals surface area contributed by atoms with Crippen LogP contribution in [0.1, 0.15) is 12.8 Å². The molecule has 0 aromatic carbocycles. The van der Waals surface area contributed by atoms with E-state index in [0.29, 0.717) is 6.04 Å². The molecule has 76 valence electrons. The Bertz CT molecular complexity index is 188. The van der Waals surface area contributed by atoms with Crippen molar-refractivity contribution in [2.45, 2.75) is 31.0 Å². The Balaban J connectivity index is 0.000000845. The second kappa shape index (κ2) is 4.26. The highest BCUT2D eigenvalue weighted by molar-refractivity contribution is 5.85. The van der Waals surface area contributed by atoms with Crippen LogP contribution in [0.25, 0.3) is 0 Å². The molecule has 4 nitrogen and oxygen atoms in total. The quantitative estimate of drug-likeness (QED) is 0.620. The van der Waals surface area contributed by atoms with E-state index in [2.05, 4.69) is 10.1 Å². The zero-order valence-corrected chi connectivity index (χ0v) is 8.30. The van der Waals surface area contributed by atoms with E-state index in [4.69, 9.17) is 4.74 Å². The van der Waals surface area contributed by atoms with Crippen molar-refractivity contribution in [2.24, 2.45) is 0 Å². The molecule has 5 heteroatoms. The molecule has 3 atom stereocenters. The SMILES string of the molecule is COC(=O)[C@H]1C[C@H]2OCC[C@H]2N1.Cl. The number of fused-ring (bicyclic) bond motifs is 1. The van der Waals surface area contributed by atoms with Crippen molar-refractivity contribution in [3.63, 3.8) is 0 Å². The minimum absolute atomic E-state index is 0. The maximum atomic E-state index is 11.1. The minimum Gasteiger partial charge on any atom is -0.468 e. The van der Waals surface area contributed by atoms with Crippen LogP contribution in [0.5, 0.6) is 0 Å². The first-order valence-electron chi connectivity index (χ1n) is 4.26. The number of carbonyl (C=O) groups excluding carboxylic acids is 1. The fourth-order valence-corrected chi connectivity index (χ4v) is 1.94. The fraction of sp³-hybridized carbons (Fsp3) is 0.875. The van der Waals surface area contributed by atoms with Gasteiger partial charge in [-0.2, -0.15) is 0 Å². The number of carbonyl (C=O) groups is 1. The van der Waals surface area contributed by atoms with Gasteiger partial charge in [0, 0.05) is 19.1 Å². The highest BCUT2D eigenvalue weighted by Gasteiger charge is 2.41. The highest BCUT2D eigenvalue weighted by Crippen LogP contribution is 2.25. The lowest BCUT2D eigenvalue weighted by Gasteiger charge is -2.08. The first kappa shape index (κ1) is 10.8. The molecular weight excluding hydrogens is 194 g/mol. The maximum Gasteiger partial charge on any atom is 0.322 e. The minimum atomic E-state index is -0.173. The molecule has 0 saturated carbocycles. The Labute approximate surface area is 83.4 Å². The van der Waals surface area contributed by atoms with Crippen LogP contribution in [-0.4, -0.2) is 37.9 Å². The largest absolute Gasteiger partial charge is 0.468 e. The van der Waals surface area contributed by atoms with Gasteiger partial charge in [0.05, 0.1) is 13.2 Å². The summed E-state index contributed by atoms with van der Waals surface area (Å²) in [6.45, 7) is 0.816. The normalized spacial score (nSPS) is 36.5. The zero-order chi connectivity index (χ0) is 8.55. The summed E-state index contributed by atoms with van der Waals surface area (Å²) in [5, 5.41) is 3.20. The van der Waals surface area contributed by atoms with Crippen molar-refractivity contribution in [3.05, 3.63) is 0 Å². The molecule has 2 aliphatic heterocycles. The van der Waals surface area contributed by atoms with Gasteiger partial charge < -0.3 is 9.47 Å². The molecule has 0 aliphatic carbocycles. The molecule has 0 amide bonds. The van der Waals surface area contributed by atoms with E-state index >= 15 is 0 Å². The molecule has 1 N–H and O–H groups in total. The van der Waals surface area contributed by atoms with Crippen LogP contribution in [0.4, 0.5) is 0 Å². The number of nitrogens with one attached hydrogen (secondary N) is 1. The molecule has 0 radical (unpaired) electrons. The van der Waals surface area contributed by atoms with Gasteiger partial charge >= 0.3 is 5.97 Å². The Morgan fingerprint density at radius 1 is 1.62 bits per heavy atom. The summed E-state index contributed by atoms with van der Waals surface area (Å²) < 4.78 is 10.1. The molecule has 2 heterocycles. The number of hydrogen-bond acceptors (Lipinski definition) is 4. The topological polar surface area (TPSA) is 47.6 Å². The molecule has 0 bridgehead atoms. The predicted octanol–water partition coefficient (Wildman–Crippen LogP) is 0.101. The van der Waals surface area contributed by atoms with Gasteiger partial charge in [-0.1, -0.05) is 0 Å². The van der Waals surface area contributed by atoms with Crippen LogP contribution in [0.15, 0.2) is 0 Å². The molecular formula is C8H14ClNO3. The molecule has 0 aromatic heterocycles. The van der Waals surface area contributed by atoms with Crippen molar-refractivity contribution >= 4 is 18.4 Å². The molecule has 2 aliphatic rings. The fourth-order valence-electron chi connectivity index (χ4n) is 1.94. The van der Waals surface area contributed by atoms with Crippen LogP contribution in [-0.2, 0) is 14.3 Å². The Kier molecular flexibility index (Phi) is 3.53. The van der Waals surface area contributed by atoms with Crippen LogP contribution >= 0.6 is 12.4 Å². The van der Waals surface area contributed by atoms with Crippen molar-refractivity contribution < 1.29 is 14.3 Å². The van der Waals surface area contributed by atoms with E-state index in [1.807, 2.05) is 0 Å². The van der Waals surface area contributed by atoms with Gasteiger partial charge in [-0.25, -0.2) is 0 Å². The van der Waals surface area contributed by atoms with Gasteiger partial charge in [-0.05, 0) is 6.42 Å². The molecule has 0 unspecified atom stereocenters. The molecule has 2 saturated heterocycles. The number of halogens is 1. The first-order valence-corrected chi connectivity index (χ1v) is 4.26. The number of ether oxygens (including phenoxy) is 2. The Morgan fingerprint density at radius 3 is 3.00 bits per heavy atom. The summed E-state index contributed by atoms with van der Waals surface area (Å²) >= 11 is 0. The summed E-state index contributed by atoms with van der Waals surface area (Å²) in [6.07, 6.45) is 2.00. The zero-order valence-electron chi connectivity index (χ0n) is 7.49. The van der Waals surface area contributed by atoms with E-state index in [0.717, 1.165) is 19.4 Å². The highest BCUT2D eigenvalue weighted by atomic mass is 35.5. The molecule has 13 heavy (non-hydrogen) atoms. The lowest BCUT2D eigenvalue weighted by Crippen LogP contribution is -2.36. The summed E-state index contributed by atoms with van der Waals surface area (Å²) in [7, 11) is 1.42. The maximum absolute atomic E-state index is 11.1. The van der Waals surface area contributed by atoms with Crippen LogP contribution in [0.2, 0.25) is 0 Å². The van der Waals surface area contributed by atoms with E-state index in [1.54, 1.807) is 0 Å². The van der Waals surface area contributed by atoms with Crippen molar-refractivity contribution in [1.82, 2.24) is 5.32 Å². The van der Waals surface area contributed by atoms with E-state index < -0.39 is 0 Å². The second-order valence-electron chi connectivity index (χ2n) is 3.28. The van der Waals surface area contributed by atoms with Gasteiger partial charge in [0.1, 0.15) is 6.04 Å². The van der Waals surface area contributed by atoms with Crippen LogP contribution in [0, 0.1) is 0 Å². The average Bonchev–Trinajstić information content (AvgIpc) is 2.60. The predicted molar refractivity (Wildman–Crippen MR) is 48.9 cm³/mol. The monoisotopic (exact) mass is 207 g/mol. The number of hydrogen-bond donors (Lipinski definition) is 1. The summed E-state index contributed by atoms with van der Waals surface area (Å²) in [5.41, 5.74) is 0. The number of esters is 1. The molecule has 0 spiro atoms. The summed E-state index contributed by atoms with van der Waals surface area (Å²) in [5.74, 6) is -0.173. The van der Waals surface area contributed by atoms with E-state index in [-0.39, 0.29) is 30.5 Å². The third-order valence-corrected chi connectivity index (χ3v) is 2.58. The van der Waals surface area contributed by atoms with Gasteiger partial charge in [0.25, 0.3) is 0 Å². The standard InChI is InChI=1S/C8H13NO3.ClH/c1-11-8(10)6-4-7-5(9-6)2-3-12-7;/h5-7,9H,2-4H2,1H3;1H/t5-,6-,7-;/m1./s1. The third kappa shape index (κ3) is 1.95. The van der Waals surface area contributed by atoms with Crippen molar-refractivity contribution in [3.8, 4) is 0 Å². The lowest BCUT2D eigenvalue weighted by atomic mass is 10.1. The summed E-state index contributed by atoms with van der Waals surface area (Å²) in [4.78, 5) is 11.1. The van der Waals surface area contributed by atoms with Crippen molar-refractivity contribution in [1.29, 1.82) is 0 Å². The second-order valence-corrected chi connectivity index (χ2v) is 3.28. The van der Waals surface area contributed by atoms with Crippen molar-refractivity contribution in [2.75, 3.05) is 13.7 Å². The molecule has 2 rings (SSSR count). The van der Waals surface area contributed by atoms with Gasteiger partial charge in [-0.15, -0.1) is 12.4 Å². The lowest BCUT2D eigenvalue weighted by molar-refractivity contribution is -0.143. The van der Waals surface area contributed by atoms with Gasteiger partial charge in [0.2, 0.25) is 0 Å². The van der Waals surface area contributed by atoms with Gasteiger partial charge in [-0.3, -0.25) is 10.1 Å².